The molecule has 18 heavy (non-hydrogen) atoms. The van der Waals surface area contributed by atoms with Crippen molar-refractivity contribution in [1.29, 1.82) is 0 Å². The molecule has 0 unspecified atom stereocenters. The molecule has 0 amide bonds. The van der Waals surface area contributed by atoms with Crippen LogP contribution >= 0.6 is 0 Å². The normalized spacial score (nSPS) is 10.6. The first-order valence-corrected chi connectivity index (χ1v) is 6.23. The molecule has 0 saturated heterocycles. The summed E-state index contributed by atoms with van der Waals surface area (Å²) in [6.07, 6.45) is 3.43. The molecule has 2 rings (SSSR count). The van der Waals surface area contributed by atoms with E-state index < -0.39 is 0 Å². The van der Waals surface area contributed by atoms with E-state index in [4.69, 9.17) is 10.3 Å². The lowest BCUT2D eigenvalue weighted by Crippen LogP contribution is -2.09. The van der Waals surface area contributed by atoms with Crippen LogP contribution in [0.15, 0.2) is 35.0 Å². The summed E-state index contributed by atoms with van der Waals surface area (Å²) in [5.41, 5.74) is 8.96. The maximum absolute atomic E-state index is 5.47. The van der Waals surface area contributed by atoms with Gasteiger partial charge in [-0.1, -0.05) is 29.4 Å². The van der Waals surface area contributed by atoms with Crippen LogP contribution in [0.25, 0.3) is 0 Å². The summed E-state index contributed by atoms with van der Waals surface area (Å²) >= 11 is 0. The lowest BCUT2D eigenvalue weighted by molar-refractivity contribution is 0.390. The van der Waals surface area contributed by atoms with Crippen molar-refractivity contribution < 1.29 is 4.52 Å². The highest BCUT2D eigenvalue weighted by Crippen LogP contribution is 2.20. The number of rotatable bonds is 6. The van der Waals surface area contributed by atoms with Gasteiger partial charge in [0.1, 0.15) is 0 Å². The Bertz CT molecular complexity index is 493. The van der Waals surface area contributed by atoms with Crippen molar-refractivity contribution in [1.82, 2.24) is 5.16 Å². The zero-order valence-corrected chi connectivity index (χ0v) is 10.6. The van der Waals surface area contributed by atoms with Crippen LogP contribution < -0.4 is 11.1 Å². The molecule has 1 aromatic heterocycles. The van der Waals surface area contributed by atoms with E-state index >= 15 is 0 Å². The minimum Gasteiger partial charge on any atom is -0.381 e. The van der Waals surface area contributed by atoms with E-state index in [1.165, 1.54) is 11.1 Å². The monoisotopic (exact) mass is 245 g/mol. The van der Waals surface area contributed by atoms with Gasteiger partial charge in [0.25, 0.3) is 0 Å². The molecule has 1 aromatic carbocycles. The molecule has 0 aliphatic rings. The van der Waals surface area contributed by atoms with Crippen LogP contribution in [0.1, 0.15) is 23.3 Å². The predicted octanol–water partition coefficient (Wildman–Crippen LogP) is 2.33. The molecule has 0 aliphatic carbocycles. The summed E-state index contributed by atoms with van der Waals surface area (Å²) in [7, 11) is 0. The maximum Gasteiger partial charge on any atom is 0.164 e. The van der Waals surface area contributed by atoms with Crippen molar-refractivity contribution in [2.75, 3.05) is 18.4 Å². The Hall–Kier alpha value is -1.81. The number of hydrogen-bond acceptors (Lipinski definition) is 4. The quantitative estimate of drug-likeness (QED) is 0.767. The molecule has 0 fully saturated rings. The summed E-state index contributed by atoms with van der Waals surface area (Å²) in [4.78, 5) is 0. The third kappa shape index (κ3) is 3.11. The van der Waals surface area contributed by atoms with E-state index in [1.54, 1.807) is 6.20 Å². The minimum absolute atomic E-state index is 0.686. The number of anilines is 1. The number of aryl methyl sites for hydroxylation is 1. The number of benzene rings is 1. The van der Waals surface area contributed by atoms with Gasteiger partial charge in [-0.05, 0) is 31.0 Å². The highest BCUT2D eigenvalue weighted by atomic mass is 16.5. The van der Waals surface area contributed by atoms with Crippen molar-refractivity contribution in [2.45, 2.75) is 19.8 Å². The van der Waals surface area contributed by atoms with Crippen molar-refractivity contribution in [3.63, 3.8) is 0 Å². The van der Waals surface area contributed by atoms with E-state index in [9.17, 15) is 0 Å². The van der Waals surface area contributed by atoms with E-state index in [1.807, 2.05) is 12.1 Å². The van der Waals surface area contributed by atoms with Crippen LogP contribution in [0.4, 0.5) is 5.69 Å². The van der Waals surface area contributed by atoms with E-state index in [0.29, 0.717) is 6.54 Å². The fourth-order valence-electron chi connectivity index (χ4n) is 1.84. The standard InChI is InChI=1S/C14H19N3O/c1-11-5-2-3-6-12(11)9-14-13(10-17-18-14)16-8-4-7-15/h2-3,5-6,10,16H,4,7-9,15H2,1H3. The van der Waals surface area contributed by atoms with Crippen LogP contribution in [0.2, 0.25) is 0 Å². The first kappa shape index (κ1) is 12.6. The number of nitrogens with two attached hydrogens (primary N) is 1. The highest BCUT2D eigenvalue weighted by molar-refractivity contribution is 5.46. The van der Waals surface area contributed by atoms with Gasteiger partial charge in [-0.2, -0.15) is 0 Å². The van der Waals surface area contributed by atoms with E-state index in [2.05, 4.69) is 29.5 Å². The van der Waals surface area contributed by atoms with Crippen molar-refractivity contribution in [3.05, 3.63) is 47.3 Å². The fourth-order valence-corrected chi connectivity index (χ4v) is 1.84. The summed E-state index contributed by atoms with van der Waals surface area (Å²) in [5, 5.41) is 7.16. The van der Waals surface area contributed by atoms with Crippen LogP contribution in [0.5, 0.6) is 0 Å². The molecule has 0 radical (unpaired) electrons. The lowest BCUT2D eigenvalue weighted by Gasteiger charge is -2.06. The highest BCUT2D eigenvalue weighted by Gasteiger charge is 2.09. The van der Waals surface area contributed by atoms with Gasteiger partial charge in [-0.25, -0.2) is 0 Å². The summed E-state index contributed by atoms with van der Waals surface area (Å²) in [5.74, 6) is 0.876. The topological polar surface area (TPSA) is 64.1 Å². The largest absolute Gasteiger partial charge is 0.381 e. The van der Waals surface area contributed by atoms with Gasteiger partial charge in [-0.15, -0.1) is 0 Å². The molecule has 1 heterocycles. The molecule has 4 heteroatoms. The van der Waals surface area contributed by atoms with Gasteiger partial charge in [0, 0.05) is 13.0 Å². The van der Waals surface area contributed by atoms with Crippen LogP contribution in [-0.2, 0) is 6.42 Å². The molecule has 2 aromatic rings. The molecule has 0 aliphatic heterocycles. The molecule has 0 atom stereocenters. The first-order chi connectivity index (χ1) is 8.81. The number of hydrogen-bond donors (Lipinski definition) is 2. The second kappa shape index (κ2) is 6.21. The summed E-state index contributed by atoms with van der Waals surface area (Å²) < 4.78 is 5.31. The Morgan fingerprint density at radius 1 is 1.33 bits per heavy atom. The molecule has 4 nitrogen and oxygen atoms in total. The number of aromatic nitrogens is 1. The second-order valence-electron chi connectivity index (χ2n) is 4.33. The Morgan fingerprint density at radius 2 is 2.17 bits per heavy atom. The molecular formula is C14H19N3O. The Balaban J connectivity index is 2.05. The molecular weight excluding hydrogens is 226 g/mol. The number of nitrogens with zero attached hydrogens (tertiary/aromatic N) is 1. The number of nitrogens with one attached hydrogen (secondary N) is 1. The molecule has 96 valence electrons. The van der Waals surface area contributed by atoms with Crippen LogP contribution in [0.3, 0.4) is 0 Å². The van der Waals surface area contributed by atoms with Crippen LogP contribution in [-0.4, -0.2) is 18.2 Å². The van der Waals surface area contributed by atoms with Gasteiger partial charge in [0.05, 0.1) is 11.9 Å². The molecule has 0 bridgehead atoms. The van der Waals surface area contributed by atoms with Crippen molar-refractivity contribution >= 4 is 5.69 Å². The van der Waals surface area contributed by atoms with Gasteiger partial charge in [-0.3, -0.25) is 0 Å². The zero-order valence-electron chi connectivity index (χ0n) is 10.6. The van der Waals surface area contributed by atoms with Gasteiger partial charge in [0.2, 0.25) is 0 Å². The fraction of sp³-hybridized carbons (Fsp3) is 0.357. The Kier molecular flexibility index (Phi) is 4.36. The Morgan fingerprint density at radius 3 is 2.94 bits per heavy atom. The van der Waals surface area contributed by atoms with Crippen molar-refractivity contribution in [2.24, 2.45) is 5.73 Å². The molecule has 0 saturated carbocycles. The third-order valence-electron chi connectivity index (χ3n) is 2.95. The van der Waals surface area contributed by atoms with Gasteiger partial charge in [0.15, 0.2) is 5.76 Å². The van der Waals surface area contributed by atoms with Gasteiger partial charge >= 0.3 is 0 Å². The summed E-state index contributed by atoms with van der Waals surface area (Å²) in [6, 6.07) is 8.30. The van der Waals surface area contributed by atoms with E-state index in [0.717, 1.165) is 30.8 Å². The van der Waals surface area contributed by atoms with Gasteiger partial charge < -0.3 is 15.6 Å². The third-order valence-corrected chi connectivity index (χ3v) is 2.95. The molecule has 0 spiro atoms. The summed E-state index contributed by atoms with van der Waals surface area (Å²) in [6.45, 7) is 3.64. The average molecular weight is 245 g/mol. The minimum atomic E-state index is 0.686. The zero-order chi connectivity index (χ0) is 12.8. The lowest BCUT2D eigenvalue weighted by atomic mass is 10.0. The van der Waals surface area contributed by atoms with E-state index in [-0.39, 0.29) is 0 Å². The predicted molar refractivity (Wildman–Crippen MR) is 72.6 cm³/mol. The maximum atomic E-state index is 5.47. The second-order valence-corrected chi connectivity index (χ2v) is 4.33. The average Bonchev–Trinajstić information content (AvgIpc) is 2.80. The first-order valence-electron chi connectivity index (χ1n) is 6.23. The van der Waals surface area contributed by atoms with Crippen LogP contribution in [0, 0.1) is 6.92 Å². The SMILES string of the molecule is Cc1ccccc1Cc1oncc1NCCCN. The smallest absolute Gasteiger partial charge is 0.164 e. The van der Waals surface area contributed by atoms with Crippen molar-refractivity contribution in [3.8, 4) is 0 Å². The molecule has 3 N–H and O–H groups in total. The Labute approximate surface area is 107 Å².